The smallest absolute Gasteiger partial charge is 0.321 e. The number of fused-ring (bicyclic) bond motifs is 1. The Labute approximate surface area is 180 Å². The van der Waals surface area contributed by atoms with Crippen LogP contribution in [-0.4, -0.2) is 49.7 Å². The average molecular weight is 429 g/mol. The number of aryl methyl sites for hydroxylation is 1. The summed E-state index contributed by atoms with van der Waals surface area (Å²) in [6.07, 6.45) is 1.26. The summed E-state index contributed by atoms with van der Waals surface area (Å²) in [4.78, 5) is 29.5. The summed E-state index contributed by atoms with van der Waals surface area (Å²) in [5.41, 5.74) is 2.70. The number of carbonyl (C=O) groups is 2. The minimum atomic E-state index is -0.496. The summed E-state index contributed by atoms with van der Waals surface area (Å²) in [5.74, 6) is 0.487. The SMILES string of the molecule is COc1ccc(Cl)cc1NC(=O)N1CCC2(CC1)NC(=O)c1cc(C)ccc1N2C. The van der Waals surface area contributed by atoms with Crippen LogP contribution in [0.25, 0.3) is 0 Å². The second kappa shape index (κ2) is 7.72. The highest BCUT2D eigenvalue weighted by molar-refractivity contribution is 6.31. The van der Waals surface area contributed by atoms with E-state index >= 15 is 0 Å². The van der Waals surface area contributed by atoms with Gasteiger partial charge in [0.15, 0.2) is 0 Å². The molecule has 0 unspecified atom stereocenters. The van der Waals surface area contributed by atoms with Crippen LogP contribution in [0.3, 0.4) is 0 Å². The van der Waals surface area contributed by atoms with E-state index in [9.17, 15) is 9.59 Å². The Balaban J connectivity index is 1.47. The van der Waals surface area contributed by atoms with E-state index < -0.39 is 5.66 Å². The van der Waals surface area contributed by atoms with Crippen molar-refractivity contribution in [1.82, 2.24) is 10.2 Å². The number of amides is 3. The topological polar surface area (TPSA) is 73.9 Å². The van der Waals surface area contributed by atoms with Crippen LogP contribution in [-0.2, 0) is 0 Å². The molecule has 2 N–H and O–H groups in total. The number of nitrogens with one attached hydrogen (secondary N) is 2. The summed E-state index contributed by atoms with van der Waals surface area (Å²) < 4.78 is 5.30. The highest BCUT2D eigenvalue weighted by Gasteiger charge is 2.44. The third-order valence-corrected chi connectivity index (χ3v) is 6.26. The zero-order valence-electron chi connectivity index (χ0n) is 17.3. The molecule has 4 rings (SSSR count). The van der Waals surface area contributed by atoms with E-state index in [1.165, 1.54) is 0 Å². The number of halogens is 1. The van der Waals surface area contributed by atoms with Crippen LogP contribution in [0.1, 0.15) is 28.8 Å². The second-order valence-electron chi connectivity index (χ2n) is 7.83. The van der Waals surface area contributed by atoms with Gasteiger partial charge in [0.1, 0.15) is 11.4 Å². The lowest BCUT2D eigenvalue weighted by atomic mass is 9.90. The van der Waals surface area contributed by atoms with Crippen LogP contribution in [0.15, 0.2) is 36.4 Å². The Morgan fingerprint density at radius 2 is 1.93 bits per heavy atom. The van der Waals surface area contributed by atoms with Gasteiger partial charge in [-0.25, -0.2) is 4.79 Å². The van der Waals surface area contributed by atoms with Gasteiger partial charge in [0, 0.05) is 38.0 Å². The highest BCUT2D eigenvalue weighted by atomic mass is 35.5. The predicted octanol–water partition coefficient (Wildman–Crippen LogP) is 3.86. The fraction of sp³-hybridized carbons (Fsp3) is 0.364. The molecule has 0 bridgehead atoms. The van der Waals surface area contributed by atoms with E-state index in [1.54, 1.807) is 30.2 Å². The molecule has 0 saturated carbocycles. The molecule has 30 heavy (non-hydrogen) atoms. The first kappa shape index (κ1) is 20.3. The molecule has 2 aliphatic rings. The fourth-order valence-corrected chi connectivity index (χ4v) is 4.40. The molecule has 158 valence electrons. The van der Waals surface area contributed by atoms with Gasteiger partial charge in [0.05, 0.1) is 24.0 Å². The maximum Gasteiger partial charge on any atom is 0.321 e. The number of likely N-dealkylation sites (tertiary alicyclic amines) is 1. The Morgan fingerprint density at radius 3 is 2.63 bits per heavy atom. The Hall–Kier alpha value is -2.93. The van der Waals surface area contributed by atoms with Crippen molar-refractivity contribution in [3.8, 4) is 5.75 Å². The van der Waals surface area contributed by atoms with Crippen molar-refractivity contribution in [2.24, 2.45) is 0 Å². The number of rotatable bonds is 2. The molecule has 3 amide bonds. The van der Waals surface area contributed by atoms with Crippen molar-refractivity contribution >= 4 is 34.9 Å². The molecule has 0 atom stereocenters. The van der Waals surface area contributed by atoms with Crippen LogP contribution >= 0.6 is 11.6 Å². The lowest BCUT2D eigenvalue weighted by molar-refractivity contribution is 0.0815. The Kier molecular flexibility index (Phi) is 5.24. The maximum atomic E-state index is 12.8. The van der Waals surface area contributed by atoms with Gasteiger partial charge in [-0.3, -0.25) is 4.79 Å². The van der Waals surface area contributed by atoms with Gasteiger partial charge < -0.3 is 25.2 Å². The first-order valence-corrected chi connectivity index (χ1v) is 10.3. The van der Waals surface area contributed by atoms with E-state index in [-0.39, 0.29) is 11.9 Å². The summed E-state index contributed by atoms with van der Waals surface area (Å²) >= 11 is 6.05. The van der Waals surface area contributed by atoms with E-state index in [4.69, 9.17) is 16.3 Å². The standard InChI is InChI=1S/C22H25ClN4O3/c1-14-4-6-18-16(12-14)20(28)25-22(26(18)2)8-10-27(11-9-22)21(29)24-17-13-15(23)5-7-19(17)30-3/h4-7,12-13H,8-11H2,1-3H3,(H,24,29)(H,25,28). The number of urea groups is 1. The molecule has 0 radical (unpaired) electrons. The van der Waals surface area contributed by atoms with E-state index in [0.717, 1.165) is 11.3 Å². The lowest BCUT2D eigenvalue weighted by Gasteiger charge is -2.51. The molecule has 2 aromatic carbocycles. The number of nitrogens with zero attached hydrogens (tertiary/aromatic N) is 2. The monoisotopic (exact) mass is 428 g/mol. The molecule has 2 aromatic rings. The molecule has 0 aromatic heterocycles. The lowest BCUT2D eigenvalue weighted by Crippen LogP contribution is -2.67. The predicted molar refractivity (Wildman–Crippen MR) is 118 cm³/mol. The van der Waals surface area contributed by atoms with Gasteiger partial charge in [-0.1, -0.05) is 23.2 Å². The molecule has 1 saturated heterocycles. The van der Waals surface area contributed by atoms with Gasteiger partial charge in [-0.05, 0) is 37.3 Å². The number of ether oxygens (including phenoxy) is 1. The number of hydrogen-bond acceptors (Lipinski definition) is 4. The molecule has 8 heteroatoms. The van der Waals surface area contributed by atoms with Gasteiger partial charge in [-0.15, -0.1) is 0 Å². The molecular formula is C22H25ClN4O3. The molecule has 1 fully saturated rings. The van der Waals surface area contributed by atoms with Crippen molar-refractivity contribution in [3.63, 3.8) is 0 Å². The molecule has 2 aliphatic heterocycles. The van der Waals surface area contributed by atoms with Crippen LogP contribution in [0.4, 0.5) is 16.2 Å². The van der Waals surface area contributed by atoms with Crippen molar-refractivity contribution in [2.45, 2.75) is 25.4 Å². The molecular weight excluding hydrogens is 404 g/mol. The van der Waals surface area contributed by atoms with Crippen molar-refractivity contribution in [2.75, 3.05) is 37.5 Å². The zero-order valence-corrected chi connectivity index (χ0v) is 18.0. The first-order chi connectivity index (χ1) is 14.3. The quantitative estimate of drug-likeness (QED) is 0.761. The highest BCUT2D eigenvalue weighted by Crippen LogP contribution is 2.37. The van der Waals surface area contributed by atoms with Gasteiger partial charge in [0.25, 0.3) is 5.91 Å². The van der Waals surface area contributed by atoms with Crippen LogP contribution in [0.2, 0.25) is 5.02 Å². The third-order valence-electron chi connectivity index (χ3n) is 6.03. The van der Waals surface area contributed by atoms with Gasteiger partial charge >= 0.3 is 6.03 Å². The van der Waals surface area contributed by atoms with E-state index in [2.05, 4.69) is 15.5 Å². The minimum absolute atomic E-state index is 0.0617. The van der Waals surface area contributed by atoms with Crippen molar-refractivity contribution in [3.05, 3.63) is 52.5 Å². The molecule has 2 heterocycles. The molecule has 0 aliphatic carbocycles. The average Bonchev–Trinajstić information content (AvgIpc) is 2.73. The minimum Gasteiger partial charge on any atom is -0.495 e. The van der Waals surface area contributed by atoms with Crippen LogP contribution in [0, 0.1) is 6.92 Å². The first-order valence-electron chi connectivity index (χ1n) is 9.89. The fourth-order valence-electron chi connectivity index (χ4n) is 4.23. The third kappa shape index (κ3) is 3.54. The normalized spacial score (nSPS) is 17.4. The number of methoxy groups -OCH3 is 1. The number of piperidine rings is 1. The largest absolute Gasteiger partial charge is 0.495 e. The van der Waals surface area contributed by atoms with Gasteiger partial charge in [0.2, 0.25) is 0 Å². The second-order valence-corrected chi connectivity index (χ2v) is 8.26. The van der Waals surface area contributed by atoms with Gasteiger partial charge in [-0.2, -0.15) is 0 Å². The summed E-state index contributed by atoms with van der Waals surface area (Å²) in [7, 11) is 3.55. The molecule has 1 spiro atoms. The number of carbonyl (C=O) groups excluding carboxylic acids is 2. The Bertz CT molecular complexity index is 1000. The Morgan fingerprint density at radius 1 is 1.20 bits per heavy atom. The van der Waals surface area contributed by atoms with E-state index in [0.29, 0.717) is 48.0 Å². The number of benzene rings is 2. The summed E-state index contributed by atoms with van der Waals surface area (Å²) in [5, 5.41) is 6.59. The zero-order chi connectivity index (χ0) is 21.5. The molecule has 7 nitrogen and oxygen atoms in total. The number of hydrogen-bond donors (Lipinski definition) is 2. The maximum absolute atomic E-state index is 12.8. The van der Waals surface area contributed by atoms with Crippen molar-refractivity contribution < 1.29 is 14.3 Å². The summed E-state index contributed by atoms with van der Waals surface area (Å²) in [6, 6.07) is 10.8. The number of anilines is 2. The van der Waals surface area contributed by atoms with Crippen molar-refractivity contribution in [1.29, 1.82) is 0 Å². The van der Waals surface area contributed by atoms with E-state index in [1.807, 2.05) is 32.2 Å². The summed E-state index contributed by atoms with van der Waals surface area (Å²) in [6.45, 7) is 3.00. The van der Waals surface area contributed by atoms with Crippen LogP contribution < -0.4 is 20.3 Å². The van der Waals surface area contributed by atoms with Crippen LogP contribution in [0.5, 0.6) is 5.75 Å².